The minimum Gasteiger partial charge on any atom is -0.465 e. The van der Waals surface area contributed by atoms with Gasteiger partial charge in [0.1, 0.15) is 5.82 Å². The van der Waals surface area contributed by atoms with Crippen molar-refractivity contribution in [2.75, 3.05) is 50.3 Å². The number of nitrogen functional groups attached to an aromatic ring is 1. The third-order valence-corrected chi connectivity index (χ3v) is 5.05. The predicted molar refractivity (Wildman–Crippen MR) is 105 cm³/mol. The average molecular weight is 406 g/mol. The molecule has 0 bridgehead atoms. The van der Waals surface area contributed by atoms with Gasteiger partial charge in [0, 0.05) is 36.7 Å². The van der Waals surface area contributed by atoms with Crippen LogP contribution in [0.2, 0.25) is 0 Å². The first kappa shape index (κ1) is 20.0. The number of carbonyl (C=O) groups excluding carboxylic acids is 1. The maximum atomic E-state index is 11.9. The molecule has 0 unspecified atom stereocenters. The molecule has 1 aliphatic heterocycles. The van der Waals surface area contributed by atoms with E-state index in [1.807, 2.05) is 4.90 Å². The monoisotopic (exact) mass is 406 g/mol. The Kier molecular flexibility index (Phi) is 5.80. The van der Waals surface area contributed by atoms with Crippen molar-refractivity contribution < 1.29 is 22.7 Å². The third kappa shape index (κ3) is 4.76. The van der Waals surface area contributed by atoms with Crippen molar-refractivity contribution in [1.82, 2.24) is 9.97 Å². The Morgan fingerprint density at radius 1 is 1.25 bits per heavy atom. The Balaban J connectivity index is 2.08. The maximum Gasteiger partial charge on any atom is 0.339 e. The van der Waals surface area contributed by atoms with Crippen LogP contribution in [0.3, 0.4) is 0 Å². The molecule has 1 aromatic carbocycles. The van der Waals surface area contributed by atoms with Crippen LogP contribution in [0.4, 0.5) is 11.5 Å². The van der Waals surface area contributed by atoms with Gasteiger partial charge in [-0.15, -0.1) is 0 Å². The molecule has 9 nitrogen and oxygen atoms in total. The van der Waals surface area contributed by atoms with Gasteiger partial charge in [0.2, 0.25) is 0 Å². The molecule has 1 aliphatic rings. The molecule has 0 radical (unpaired) electrons. The van der Waals surface area contributed by atoms with Crippen molar-refractivity contribution >= 4 is 27.3 Å². The number of methoxy groups -OCH3 is 1. The predicted octanol–water partition coefficient (Wildman–Crippen LogP) is 0.894. The molecule has 1 fully saturated rings. The van der Waals surface area contributed by atoms with Crippen LogP contribution >= 0.6 is 0 Å². The average Bonchev–Trinajstić information content (AvgIpc) is 2.67. The summed E-state index contributed by atoms with van der Waals surface area (Å²) in [5.41, 5.74) is 7.26. The van der Waals surface area contributed by atoms with E-state index < -0.39 is 15.8 Å². The van der Waals surface area contributed by atoms with Crippen molar-refractivity contribution in [2.24, 2.45) is 0 Å². The quantitative estimate of drug-likeness (QED) is 0.569. The molecule has 2 aromatic rings. The highest BCUT2D eigenvalue weighted by Gasteiger charge is 2.19. The van der Waals surface area contributed by atoms with E-state index in [1.54, 1.807) is 24.3 Å². The summed E-state index contributed by atoms with van der Waals surface area (Å²) in [5, 5.41) is 0. The molecule has 10 heteroatoms. The molecule has 2 N–H and O–H groups in total. The standard InChI is InChI=1S/C18H22N4O5S/c1-26-18(23)14-9-12(3-4-15(14)19)17-20-13(11-28(2,24)25)10-16(21-17)22-5-7-27-8-6-22/h3-4,9-10H,5-8,11,19H2,1-2H3. The van der Waals surface area contributed by atoms with Crippen molar-refractivity contribution in [3.63, 3.8) is 0 Å². The molecule has 0 saturated carbocycles. The summed E-state index contributed by atoms with van der Waals surface area (Å²) in [6.07, 6.45) is 1.15. The van der Waals surface area contributed by atoms with Crippen LogP contribution in [0.1, 0.15) is 16.1 Å². The fourth-order valence-electron chi connectivity index (χ4n) is 2.89. The SMILES string of the molecule is COC(=O)c1cc(-c2nc(CS(C)(=O)=O)cc(N3CCOCC3)n2)ccc1N. The zero-order chi connectivity index (χ0) is 20.3. The van der Waals surface area contributed by atoms with Gasteiger partial charge in [0.25, 0.3) is 0 Å². The molecule has 3 rings (SSSR count). The van der Waals surface area contributed by atoms with Crippen molar-refractivity contribution in [1.29, 1.82) is 0 Å². The minimum atomic E-state index is -3.28. The van der Waals surface area contributed by atoms with Crippen LogP contribution in [0.15, 0.2) is 24.3 Å². The molecular formula is C18H22N4O5S. The first-order chi connectivity index (χ1) is 13.3. The fraction of sp³-hybridized carbons (Fsp3) is 0.389. The van der Waals surface area contributed by atoms with Crippen LogP contribution in [-0.4, -0.2) is 64.0 Å². The number of esters is 1. The van der Waals surface area contributed by atoms with Gasteiger partial charge >= 0.3 is 5.97 Å². The van der Waals surface area contributed by atoms with Gasteiger partial charge in [-0.05, 0) is 18.2 Å². The number of nitrogens with zero attached hydrogens (tertiary/aromatic N) is 3. The third-order valence-electron chi connectivity index (χ3n) is 4.23. The van der Waals surface area contributed by atoms with E-state index in [-0.39, 0.29) is 17.0 Å². The van der Waals surface area contributed by atoms with Crippen LogP contribution in [0.25, 0.3) is 11.4 Å². The lowest BCUT2D eigenvalue weighted by Gasteiger charge is -2.28. The molecule has 28 heavy (non-hydrogen) atoms. The molecule has 0 aliphatic carbocycles. The van der Waals surface area contributed by atoms with Gasteiger partial charge in [-0.2, -0.15) is 0 Å². The van der Waals surface area contributed by atoms with Gasteiger partial charge < -0.3 is 20.1 Å². The summed E-state index contributed by atoms with van der Waals surface area (Å²) in [7, 11) is -2.01. The summed E-state index contributed by atoms with van der Waals surface area (Å²) in [6.45, 7) is 2.41. The van der Waals surface area contributed by atoms with Crippen molar-refractivity contribution in [3.8, 4) is 11.4 Å². The van der Waals surface area contributed by atoms with Crippen molar-refractivity contribution in [3.05, 3.63) is 35.5 Å². The maximum absolute atomic E-state index is 11.9. The Morgan fingerprint density at radius 3 is 2.61 bits per heavy atom. The summed E-state index contributed by atoms with van der Waals surface area (Å²) in [5.74, 6) is 0.148. The zero-order valence-electron chi connectivity index (χ0n) is 15.7. The number of carbonyl (C=O) groups is 1. The zero-order valence-corrected chi connectivity index (χ0v) is 16.5. The van der Waals surface area contributed by atoms with Gasteiger partial charge in [-0.3, -0.25) is 0 Å². The molecule has 1 aromatic heterocycles. The van der Waals surface area contributed by atoms with Crippen LogP contribution < -0.4 is 10.6 Å². The number of nitrogens with two attached hydrogens (primary N) is 1. The van der Waals surface area contributed by atoms with Crippen LogP contribution in [0, 0.1) is 0 Å². The molecule has 150 valence electrons. The Hall–Kier alpha value is -2.72. The van der Waals surface area contributed by atoms with Crippen LogP contribution in [-0.2, 0) is 25.1 Å². The highest BCUT2D eigenvalue weighted by molar-refractivity contribution is 7.89. The lowest BCUT2D eigenvalue weighted by Crippen LogP contribution is -2.37. The normalized spacial score (nSPS) is 14.7. The first-order valence-electron chi connectivity index (χ1n) is 8.63. The Morgan fingerprint density at radius 2 is 1.96 bits per heavy atom. The minimum absolute atomic E-state index is 0.199. The van der Waals surface area contributed by atoms with E-state index >= 15 is 0 Å². The first-order valence-corrected chi connectivity index (χ1v) is 10.7. The second-order valence-electron chi connectivity index (χ2n) is 6.50. The number of aromatic nitrogens is 2. The topological polar surface area (TPSA) is 125 Å². The van der Waals surface area contributed by atoms with E-state index in [2.05, 4.69) is 9.97 Å². The molecule has 0 spiro atoms. The van der Waals surface area contributed by atoms with E-state index in [9.17, 15) is 13.2 Å². The van der Waals surface area contributed by atoms with E-state index in [4.69, 9.17) is 15.2 Å². The fourth-order valence-corrected chi connectivity index (χ4v) is 3.58. The van der Waals surface area contributed by atoms with Gasteiger partial charge in [0.15, 0.2) is 15.7 Å². The second-order valence-corrected chi connectivity index (χ2v) is 8.64. The van der Waals surface area contributed by atoms with Gasteiger partial charge in [-0.25, -0.2) is 23.2 Å². The van der Waals surface area contributed by atoms with Gasteiger partial charge in [-0.1, -0.05) is 0 Å². The van der Waals surface area contributed by atoms with E-state index in [0.717, 1.165) is 6.26 Å². The number of rotatable bonds is 5. The number of ether oxygens (including phenoxy) is 2. The molecule has 1 saturated heterocycles. The molecule has 2 heterocycles. The van der Waals surface area contributed by atoms with Crippen LogP contribution in [0.5, 0.6) is 0 Å². The Bertz CT molecular complexity index is 987. The highest BCUT2D eigenvalue weighted by Crippen LogP contribution is 2.25. The van der Waals surface area contributed by atoms with Crippen molar-refractivity contribution in [2.45, 2.75) is 5.75 Å². The Labute approximate surface area is 163 Å². The molecular weight excluding hydrogens is 384 g/mol. The summed E-state index contributed by atoms with van der Waals surface area (Å²) in [4.78, 5) is 22.9. The summed E-state index contributed by atoms with van der Waals surface area (Å²) < 4.78 is 33.7. The smallest absolute Gasteiger partial charge is 0.339 e. The number of hydrogen-bond acceptors (Lipinski definition) is 9. The van der Waals surface area contributed by atoms with E-state index in [0.29, 0.717) is 49.2 Å². The number of anilines is 2. The highest BCUT2D eigenvalue weighted by atomic mass is 32.2. The second kappa shape index (κ2) is 8.11. The van der Waals surface area contributed by atoms with E-state index in [1.165, 1.54) is 7.11 Å². The molecule has 0 atom stereocenters. The lowest BCUT2D eigenvalue weighted by atomic mass is 10.1. The number of sulfone groups is 1. The number of hydrogen-bond donors (Lipinski definition) is 1. The largest absolute Gasteiger partial charge is 0.465 e. The van der Waals surface area contributed by atoms with Gasteiger partial charge in [0.05, 0.1) is 37.3 Å². The summed E-state index contributed by atoms with van der Waals surface area (Å²) >= 11 is 0. The lowest BCUT2D eigenvalue weighted by molar-refractivity contribution is 0.0602. The number of morpholine rings is 1. The number of benzene rings is 1. The summed E-state index contributed by atoms with van der Waals surface area (Å²) in [6, 6.07) is 6.48. The molecule has 0 amide bonds.